The monoisotopic (exact) mass is 301 g/mol. The van der Waals surface area contributed by atoms with Crippen molar-refractivity contribution in [3.8, 4) is 0 Å². The highest BCUT2D eigenvalue weighted by atomic mass is 35.5. The lowest BCUT2D eigenvalue weighted by Gasteiger charge is -2.14. The molecule has 2 aromatic carbocycles. The maximum Gasteiger partial charge on any atom is 0.142 e. The molecule has 0 aliphatic carbocycles. The number of rotatable bonds is 3. The van der Waals surface area contributed by atoms with Crippen LogP contribution in [0.2, 0.25) is 5.02 Å². The van der Waals surface area contributed by atoms with E-state index < -0.39 is 11.9 Å². The van der Waals surface area contributed by atoms with Gasteiger partial charge in [-0.05, 0) is 35.4 Å². The van der Waals surface area contributed by atoms with E-state index in [2.05, 4.69) is 4.98 Å². The normalized spacial score (nSPS) is 12.5. The van der Waals surface area contributed by atoms with Crippen LogP contribution in [-0.2, 0) is 6.42 Å². The third-order valence-corrected chi connectivity index (χ3v) is 3.76. The quantitative estimate of drug-likeness (QED) is 0.782. The SMILES string of the molecule is OC(Cc1ccc(Cl)c(F)c1)c1cccc2ncccc12. The molecule has 0 aliphatic heterocycles. The molecule has 0 bridgehead atoms. The maximum absolute atomic E-state index is 13.5. The summed E-state index contributed by atoms with van der Waals surface area (Å²) in [6.45, 7) is 0. The first-order valence-corrected chi connectivity index (χ1v) is 6.98. The van der Waals surface area contributed by atoms with Gasteiger partial charge in [0.25, 0.3) is 0 Å². The third-order valence-electron chi connectivity index (χ3n) is 3.45. The molecule has 3 aromatic rings. The standard InChI is InChI=1S/C17H13ClFNO/c18-14-7-6-11(9-15(14)19)10-17(21)13-3-1-5-16-12(13)4-2-8-20-16/h1-9,17,21H,10H2. The zero-order valence-corrected chi connectivity index (χ0v) is 11.9. The van der Waals surface area contributed by atoms with Crippen molar-refractivity contribution in [1.29, 1.82) is 0 Å². The van der Waals surface area contributed by atoms with Gasteiger partial charge in [0.1, 0.15) is 5.82 Å². The molecule has 1 unspecified atom stereocenters. The fourth-order valence-corrected chi connectivity index (χ4v) is 2.54. The van der Waals surface area contributed by atoms with Crippen LogP contribution in [0.5, 0.6) is 0 Å². The van der Waals surface area contributed by atoms with Gasteiger partial charge < -0.3 is 5.11 Å². The first-order chi connectivity index (χ1) is 10.1. The van der Waals surface area contributed by atoms with E-state index in [9.17, 15) is 9.50 Å². The summed E-state index contributed by atoms with van der Waals surface area (Å²) in [5, 5.41) is 11.4. The fourth-order valence-electron chi connectivity index (χ4n) is 2.42. The number of hydrogen-bond acceptors (Lipinski definition) is 2. The van der Waals surface area contributed by atoms with Gasteiger partial charge in [-0.15, -0.1) is 0 Å². The second-order valence-electron chi connectivity index (χ2n) is 4.89. The summed E-state index contributed by atoms with van der Waals surface area (Å²) < 4.78 is 13.5. The van der Waals surface area contributed by atoms with E-state index in [0.29, 0.717) is 12.0 Å². The Labute approximate surface area is 126 Å². The highest BCUT2D eigenvalue weighted by Gasteiger charge is 2.13. The van der Waals surface area contributed by atoms with Gasteiger partial charge in [-0.25, -0.2) is 4.39 Å². The van der Waals surface area contributed by atoms with Gasteiger partial charge >= 0.3 is 0 Å². The number of aromatic nitrogens is 1. The van der Waals surface area contributed by atoms with Crippen molar-refractivity contribution in [3.05, 3.63) is 76.7 Å². The average molecular weight is 302 g/mol. The minimum absolute atomic E-state index is 0.0857. The molecule has 0 aliphatic rings. The second-order valence-corrected chi connectivity index (χ2v) is 5.29. The van der Waals surface area contributed by atoms with Gasteiger partial charge in [-0.1, -0.05) is 35.9 Å². The number of aliphatic hydroxyl groups excluding tert-OH is 1. The number of fused-ring (bicyclic) bond motifs is 1. The van der Waals surface area contributed by atoms with E-state index in [-0.39, 0.29) is 5.02 Å². The van der Waals surface area contributed by atoms with Gasteiger partial charge in [0, 0.05) is 18.0 Å². The molecule has 0 spiro atoms. The van der Waals surface area contributed by atoms with E-state index in [1.54, 1.807) is 12.3 Å². The van der Waals surface area contributed by atoms with Gasteiger partial charge in [0.05, 0.1) is 16.6 Å². The maximum atomic E-state index is 13.5. The molecule has 0 saturated carbocycles. The predicted molar refractivity (Wildman–Crippen MR) is 81.8 cm³/mol. The number of hydrogen-bond donors (Lipinski definition) is 1. The Morgan fingerprint density at radius 1 is 1.14 bits per heavy atom. The highest BCUT2D eigenvalue weighted by Crippen LogP contribution is 2.26. The molecule has 106 valence electrons. The van der Waals surface area contributed by atoms with Crippen molar-refractivity contribution in [1.82, 2.24) is 4.98 Å². The summed E-state index contributed by atoms with van der Waals surface area (Å²) in [4.78, 5) is 4.27. The lowest BCUT2D eigenvalue weighted by Crippen LogP contribution is -2.03. The molecule has 1 heterocycles. The lowest BCUT2D eigenvalue weighted by molar-refractivity contribution is 0.180. The largest absolute Gasteiger partial charge is 0.388 e. The van der Waals surface area contributed by atoms with Crippen LogP contribution < -0.4 is 0 Å². The lowest BCUT2D eigenvalue weighted by atomic mass is 9.98. The Morgan fingerprint density at radius 3 is 2.81 bits per heavy atom. The fraction of sp³-hybridized carbons (Fsp3) is 0.118. The van der Waals surface area contributed by atoms with E-state index in [0.717, 1.165) is 16.5 Å². The number of aliphatic hydroxyl groups is 1. The Bertz CT molecular complexity index is 785. The van der Waals surface area contributed by atoms with Crippen molar-refractivity contribution in [2.75, 3.05) is 0 Å². The topological polar surface area (TPSA) is 33.1 Å². The van der Waals surface area contributed by atoms with Crippen molar-refractivity contribution in [3.63, 3.8) is 0 Å². The Kier molecular flexibility index (Phi) is 3.86. The van der Waals surface area contributed by atoms with Crippen LogP contribution >= 0.6 is 11.6 Å². The molecule has 1 N–H and O–H groups in total. The van der Waals surface area contributed by atoms with Crippen LogP contribution in [0.25, 0.3) is 10.9 Å². The summed E-state index contributed by atoms with van der Waals surface area (Å²) in [5.74, 6) is -0.471. The second kappa shape index (κ2) is 5.80. The van der Waals surface area contributed by atoms with Gasteiger partial charge in [0.2, 0.25) is 0 Å². The molecular formula is C17H13ClFNO. The van der Waals surface area contributed by atoms with E-state index in [1.807, 2.05) is 30.3 Å². The van der Waals surface area contributed by atoms with Crippen LogP contribution in [0.1, 0.15) is 17.2 Å². The smallest absolute Gasteiger partial charge is 0.142 e. The predicted octanol–water partition coefficient (Wildman–Crippen LogP) is 4.30. The molecule has 21 heavy (non-hydrogen) atoms. The van der Waals surface area contributed by atoms with Crippen LogP contribution in [-0.4, -0.2) is 10.1 Å². The van der Waals surface area contributed by atoms with Gasteiger partial charge in [-0.2, -0.15) is 0 Å². The van der Waals surface area contributed by atoms with Crippen molar-refractivity contribution < 1.29 is 9.50 Å². The molecule has 0 fully saturated rings. The summed E-state index contributed by atoms with van der Waals surface area (Å²) in [6, 6.07) is 13.9. The molecule has 0 saturated heterocycles. The molecule has 4 heteroatoms. The van der Waals surface area contributed by atoms with Crippen LogP contribution in [0, 0.1) is 5.82 Å². The average Bonchev–Trinajstić information content (AvgIpc) is 2.50. The molecule has 1 atom stereocenters. The zero-order valence-electron chi connectivity index (χ0n) is 11.1. The van der Waals surface area contributed by atoms with Gasteiger partial charge in [-0.3, -0.25) is 4.98 Å². The first-order valence-electron chi connectivity index (χ1n) is 6.61. The Hall–Kier alpha value is -1.97. The van der Waals surface area contributed by atoms with Crippen molar-refractivity contribution in [2.24, 2.45) is 0 Å². The first kappa shape index (κ1) is 14.0. The third kappa shape index (κ3) is 2.89. The summed E-state index contributed by atoms with van der Waals surface area (Å²) in [6.07, 6.45) is 1.31. The number of pyridine rings is 1. The summed E-state index contributed by atoms with van der Waals surface area (Å²) >= 11 is 5.67. The van der Waals surface area contributed by atoms with Gasteiger partial charge in [0.15, 0.2) is 0 Å². The van der Waals surface area contributed by atoms with Crippen LogP contribution in [0.15, 0.2) is 54.7 Å². The highest BCUT2D eigenvalue weighted by molar-refractivity contribution is 6.30. The van der Waals surface area contributed by atoms with E-state index >= 15 is 0 Å². The minimum atomic E-state index is -0.724. The molecule has 3 rings (SSSR count). The zero-order chi connectivity index (χ0) is 14.8. The van der Waals surface area contributed by atoms with Crippen molar-refractivity contribution >= 4 is 22.5 Å². The molecule has 2 nitrogen and oxygen atoms in total. The van der Waals surface area contributed by atoms with Crippen LogP contribution in [0.4, 0.5) is 4.39 Å². The molecular weight excluding hydrogens is 289 g/mol. The van der Waals surface area contributed by atoms with Crippen molar-refractivity contribution in [2.45, 2.75) is 12.5 Å². The number of benzene rings is 2. The van der Waals surface area contributed by atoms with E-state index in [4.69, 9.17) is 11.6 Å². The Balaban J connectivity index is 1.93. The summed E-state index contributed by atoms with van der Waals surface area (Å²) in [5.41, 5.74) is 2.32. The van der Waals surface area contributed by atoms with Crippen LogP contribution in [0.3, 0.4) is 0 Å². The molecule has 0 amide bonds. The number of nitrogens with zero attached hydrogens (tertiary/aromatic N) is 1. The molecule has 0 radical (unpaired) electrons. The Morgan fingerprint density at radius 2 is 2.00 bits per heavy atom. The number of halogens is 2. The minimum Gasteiger partial charge on any atom is -0.388 e. The van der Waals surface area contributed by atoms with E-state index in [1.165, 1.54) is 12.1 Å². The molecule has 1 aromatic heterocycles. The summed E-state index contributed by atoms with van der Waals surface area (Å²) in [7, 11) is 0.